The number of H-pyrrole nitrogens is 1. The molecule has 90 valence electrons. The summed E-state index contributed by atoms with van der Waals surface area (Å²) >= 11 is 0. The zero-order valence-corrected chi connectivity index (χ0v) is 10.5. The van der Waals surface area contributed by atoms with Crippen LogP contribution in [0, 0.1) is 6.92 Å². The Morgan fingerprint density at radius 2 is 2.24 bits per heavy atom. The summed E-state index contributed by atoms with van der Waals surface area (Å²) in [6.07, 6.45) is 3.04. The van der Waals surface area contributed by atoms with E-state index in [1.165, 1.54) is 11.1 Å². The molecule has 2 N–H and O–H groups in total. The van der Waals surface area contributed by atoms with Gasteiger partial charge >= 0.3 is 0 Å². The smallest absolute Gasteiger partial charge is 0.120 e. The van der Waals surface area contributed by atoms with E-state index in [4.69, 9.17) is 0 Å². The van der Waals surface area contributed by atoms with Crippen molar-refractivity contribution in [2.45, 2.75) is 26.8 Å². The van der Waals surface area contributed by atoms with E-state index in [0.29, 0.717) is 0 Å². The van der Waals surface area contributed by atoms with Gasteiger partial charge in [-0.3, -0.25) is 0 Å². The number of nitrogens with zero attached hydrogens (tertiary/aromatic N) is 1. The first-order chi connectivity index (χ1) is 8.29. The molecule has 1 aromatic carbocycles. The molecular formula is C14H19N3. The second-order valence-corrected chi connectivity index (χ2v) is 4.29. The predicted molar refractivity (Wildman–Crippen MR) is 70.8 cm³/mol. The molecule has 2 aromatic rings. The minimum Gasteiger partial charge on any atom is -0.341 e. The van der Waals surface area contributed by atoms with E-state index in [1.54, 1.807) is 0 Å². The van der Waals surface area contributed by atoms with Crippen molar-refractivity contribution in [3.8, 4) is 11.3 Å². The molecule has 0 fully saturated rings. The van der Waals surface area contributed by atoms with Crippen LogP contribution in [0.25, 0.3) is 11.3 Å². The summed E-state index contributed by atoms with van der Waals surface area (Å²) in [5.74, 6) is 0.995. The highest BCUT2D eigenvalue weighted by Gasteiger charge is 2.02. The molecule has 0 aliphatic rings. The lowest BCUT2D eigenvalue weighted by Gasteiger charge is -2.00. The SMILES string of the molecule is CCCNCc1ncc(-c2cccc(C)c2)[nH]1. The van der Waals surface area contributed by atoms with Gasteiger partial charge < -0.3 is 10.3 Å². The molecule has 0 radical (unpaired) electrons. The van der Waals surface area contributed by atoms with E-state index in [1.807, 2.05) is 6.20 Å². The Hall–Kier alpha value is -1.61. The molecule has 3 nitrogen and oxygen atoms in total. The summed E-state index contributed by atoms with van der Waals surface area (Å²) in [6.45, 7) is 6.09. The van der Waals surface area contributed by atoms with Crippen molar-refractivity contribution in [3.05, 3.63) is 41.9 Å². The molecule has 0 saturated carbocycles. The maximum atomic E-state index is 4.38. The third-order valence-electron chi connectivity index (χ3n) is 2.68. The second kappa shape index (κ2) is 5.64. The summed E-state index contributed by atoms with van der Waals surface area (Å²) in [5.41, 5.74) is 3.55. The number of aryl methyl sites for hydroxylation is 1. The van der Waals surface area contributed by atoms with Crippen molar-refractivity contribution in [3.63, 3.8) is 0 Å². The summed E-state index contributed by atoms with van der Waals surface area (Å²) in [5, 5.41) is 3.33. The average molecular weight is 229 g/mol. The Labute approximate surface area is 102 Å². The number of nitrogens with one attached hydrogen (secondary N) is 2. The number of aromatic nitrogens is 2. The van der Waals surface area contributed by atoms with Crippen molar-refractivity contribution < 1.29 is 0 Å². The first kappa shape index (κ1) is 11.9. The van der Waals surface area contributed by atoms with Crippen LogP contribution in [0.1, 0.15) is 24.7 Å². The van der Waals surface area contributed by atoms with Crippen LogP contribution in [0.15, 0.2) is 30.5 Å². The number of imidazole rings is 1. The second-order valence-electron chi connectivity index (χ2n) is 4.29. The van der Waals surface area contributed by atoms with E-state index < -0.39 is 0 Å². The van der Waals surface area contributed by atoms with Gasteiger partial charge in [0.2, 0.25) is 0 Å². The summed E-state index contributed by atoms with van der Waals surface area (Å²) in [7, 11) is 0. The Morgan fingerprint density at radius 3 is 3.00 bits per heavy atom. The normalized spacial score (nSPS) is 10.7. The van der Waals surface area contributed by atoms with E-state index in [2.05, 4.69) is 53.4 Å². The largest absolute Gasteiger partial charge is 0.341 e. The molecule has 0 bridgehead atoms. The third-order valence-corrected chi connectivity index (χ3v) is 2.68. The van der Waals surface area contributed by atoms with Gasteiger partial charge in [0.25, 0.3) is 0 Å². The minimum absolute atomic E-state index is 0.805. The molecule has 0 unspecified atom stereocenters. The molecule has 2 rings (SSSR count). The van der Waals surface area contributed by atoms with Gasteiger partial charge in [-0.1, -0.05) is 30.7 Å². The molecule has 0 aliphatic heterocycles. The zero-order chi connectivity index (χ0) is 12.1. The lowest BCUT2D eigenvalue weighted by molar-refractivity contribution is 0.655. The summed E-state index contributed by atoms with van der Waals surface area (Å²) in [6, 6.07) is 8.44. The Kier molecular flexibility index (Phi) is 3.94. The Balaban J connectivity index is 2.07. The highest BCUT2D eigenvalue weighted by molar-refractivity contribution is 5.59. The highest BCUT2D eigenvalue weighted by atomic mass is 15.0. The molecule has 0 spiro atoms. The number of hydrogen-bond donors (Lipinski definition) is 2. The number of rotatable bonds is 5. The molecule has 17 heavy (non-hydrogen) atoms. The van der Waals surface area contributed by atoms with Crippen LogP contribution < -0.4 is 5.32 Å². The summed E-state index contributed by atoms with van der Waals surface area (Å²) in [4.78, 5) is 7.72. The van der Waals surface area contributed by atoms with Crippen LogP contribution >= 0.6 is 0 Å². The van der Waals surface area contributed by atoms with E-state index in [0.717, 1.165) is 31.0 Å². The van der Waals surface area contributed by atoms with Gasteiger partial charge in [-0.2, -0.15) is 0 Å². The maximum Gasteiger partial charge on any atom is 0.120 e. The fourth-order valence-corrected chi connectivity index (χ4v) is 1.80. The average Bonchev–Trinajstić information content (AvgIpc) is 2.78. The van der Waals surface area contributed by atoms with Crippen molar-refractivity contribution >= 4 is 0 Å². The van der Waals surface area contributed by atoms with Crippen molar-refractivity contribution in [1.82, 2.24) is 15.3 Å². The van der Waals surface area contributed by atoms with Crippen LogP contribution in [0.4, 0.5) is 0 Å². The van der Waals surface area contributed by atoms with E-state index >= 15 is 0 Å². The zero-order valence-electron chi connectivity index (χ0n) is 10.5. The van der Waals surface area contributed by atoms with E-state index in [-0.39, 0.29) is 0 Å². The number of benzene rings is 1. The monoisotopic (exact) mass is 229 g/mol. The first-order valence-electron chi connectivity index (χ1n) is 6.11. The van der Waals surface area contributed by atoms with E-state index in [9.17, 15) is 0 Å². The van der Waals surface area contributed by atoms with Gasteiger partial charge in [0.1, 0.15) is 5.82 Å². The molecule has 3 heteroatoms. The van der Waals surface area contributed by atoms with Crippen molar-refractivity contribution in [2.75, 3.05) is 6.54 Å². The molecule has 0 atom stereocenters. The van der Waals surface area contributed by atoms with Gasteiger partial charge in [-0.05, 0) is 31.5 Å². The number of hydrogen-bond acceptors (Lipinski definition) is 2. The predicted octanol–water partition coefficient (Wildman–Crippen LogP) is 2.88. The quantitative estimate of drug-likeness (QED) is 0.774. The van der Waals surface area contributed by atoms with Crippen LogP contribution in [0.5, 0.6) is 0 Å². The van der Waals surface area contributed by atoms with Crippen LogP contribution in [-0.4, -0.2) is 16.5 Å². The molecule has 1 aromatic heterocycles. The summed E-state index contributed by atoms with van der Waals surface area (Å²) < 4.78 is 0. The highest BCUT2D eigenvalue weighted by Crippen LogP contribution is 2.17. The molecular weight excluding hydrogens is 210 g/mol. The van der Waals surface area contributed by atoms with Gasteiger partial charge in [0.05, 0.1) is 18.4 Å². The maximum absolute atomic E-state index is 4.38. The topological polar surface area (TPSA) is 40.7 Å². The van der Waals surface area contributed by atoms with Crippen molar-refractivity contribution in [2.24, 2.45) is 0 Å². The standard InChI is InChI=1S/C14H19N3/c1-3-7-15-10-14-16-9-13(17-14)12-6-4-5-11(2)8-12/h4-6,8-9,15H,3,7,10H2,1-2H3,(H,16,17). The van der Waals surface area contributed by atoms with Gasteiger partial charge in [-0.15, -0.1) is 0 Å². The lowest BCUT2D eigenvalue weighted by Crippen LogP contribution is -2.14. The van der Waals surface area contributed by atoms with Crippen LogP contribution in [0.2, 0.25) is 0 Å². The van der Waals surface area contributed by atoms with Gasteiger partial charge in [0.15, 0.2) is 0 Å². The minimum atomic E-state index is 0.805. The van der Waals surface area contributed by atoms with Gasteiger partial charge in [-0.25, -0.2) is 4.98 Å². The molecule has 0 aliphatic carbocycles. The Bertz CT molecular complexity index is 474. The molecule has 0 saturated heterocycles. The lowest BCUT2D eigenvalue weighted by atomic mass is 10.1. The fraction of sp³-hybridized carbons (Fsp3) is 0.357. The van der Waals surface area contributed by atoms with Crippen molar-refractivity contribution in [1.29, 1.82) is 0 Å². The number of aromatic amines is 1. The first-order valence-corrected chi connectivity index (χ1v) is 6.11. The fourth-order valence-electron chi connectivity index (χ4n) is 1.80. The Morgan fingerprint density at radius 1 is 1.35 bits per heavy atom. The van der Waals surface area contributed by atoms with Crippen LogP contribution in [0.3, 0.4) is 0 Å². The third kappa shape index (κ3) is 3.17. The molecule has 1 heterocycles. The van der Waals surface area contributed by atoms with Crippen LogP contribution in [-0.2, 0) is 6.54 Å². The van der Waals surface area contributed by atoms with Gasteiger partial charge in [0, 0.05) is 0 Å². The molecule has 0 amide bonds.